The van der Waals surface area contributed by atoms with Gasteiger partial charge in [-0.2, -0.15) is 0 Å². The molecule has 0 spiro atoms. The van der Waals surface area contributed by atoms with E-state index in [1.165, 1.54) is 6.08 Å². The highest BCUT2D eigenvalue weighted by molar-refractivity contribution is 6.06. The molecule has 1 aromatic carbocycles. The Morgan fingerprint density at radius 3 is 2.53 bits per heavy atom. The number of benzene rings is 1. The van der Waals surface area contributed by atoms with Crippen molar-refractivity contribution in [3.63, 3.8) is 0 Å². The van der Waals surface area contributed by atoms with Crippen molar-refractivity contribution in [2.45, 2.75) is 13.8 Å². The number of carbonyl (C=O) groups is 1. The summed E-state index contributed by atoms with van der Waals surface area (Å²) in [4.78, 5) is 11.9. The van der Waals surface area contributed by atoms with Crippen LogP contribution in [0.25, 0.3) is 6.08 Å². The van der Waals surface area contributed by atoms with Crippen LogP contribution in [0.3, 0.4) is 0 Å². The van der Waals surface area contributed by atoms with Crippen LogP contribution in [0.5, 0.6) is 5.75 Å². The molecule has 0 aliphatic rings. The number of carbonyl (C=O) groups excluding carboxylic acids is 1. The molecule has 0 atom stereocenters. The summed E-state index contributed by atoms with van der Waals surface area (Å²) >= 11 is 0. The fourth-order valence-corrected chi connectivity index (χ4v) is 1.68. The first-order valence-corrected chi connectivity index (χ1v) is 6.21. The molecule has 0 aliphatic carbocycles. The molecule has 3 heteroatoms. The van der Waals surface area contributed by atoms with E-state index in [4.69, 9.17) is 9.15 Å². The molecular weight excluding hydrogens is 240 g/mol. The molecule has 0 amide bonds. The minimum absolute atomic E-state index is 0.0582. The summed E-state index contributed by atoms with van der Waals surface area (Å²) in [6.45, 7) is 4.41. The molecule has 1 heterocycles. The third kappa shape index (κ3) is 3.58. The van der Waals surface area contributed by atoms with Gasteiger partial charge in [0.1, 0.15) is 17.3 Å². The fraction of sp³-hybridized carbons (Fsp3) is 0.188. The number of ketones is 1. The SMILES string of the molecule is CCOc1ccc(C(=O)C=Cc2ccc(C)o2)cc1. The van der Waals surface area contributed by atoms with Crippen molar-refractivity contribution in [2.24, 2.45) is 0 Å². The van der Waals surface area contributed by atoms with E-state index in [9.17, 15) is 4.79 Å². The maximum Gasteiger partial charge on any atom is 0.185 e. The van der Waals surface area contributed by atoms with Crippen LogP contribution in [0.15, 0.2) is 46.9 Å². The summed E-state index contributed by atoms with van der Waals surface area (Å²) in [6, 6.07) is 10.8. The molecular formula is C16H16O3. The van der Waals surface area contributed by atoms with Crippen LogP contribution in [0, 0.1) is 6.92 Å². The number of allylic oxidation sites excluding steroid dienone is 1. The van der Waals surface area contributed by atoms with Gasteiger partial charge in [-0.3, -0.25) is 4.79 Å². The summed E-state index contributed by atoms with van der Waals surface area (Å²) in [5, 5.41) is 0. The fourth-order valence-electron chi connectivity index (χ4n) is 1.68. The Bertz CT molecular complexity index is 576. The zero-order valence-electron chi connectivity index (χ0n) is 11.1. The molecule has 2 aromatic rings. The van der Waals surface area contributed by atoms with Gasteiger partial charge in [-0.05, 0) is 62.4 Å². The summed E-state index contributed by atoms with van der Waals surface area (Å²) < 4.78 is 10.7. The number of ether oxygens (including phenoxy) is 1. The molecule has 0 bridgehead atoms. The average Bonchev–Trinajstić information content (AvgIpc) is 2.83. The van der Waals surface area contributed by atoms with Crippen molar-refractivity contribution in [3.8, 4) is 5.75 Å². The van der Waals surface area contributed by atoms with Crippen molar-refractivity contribution >= 4 is 11.9 Å². The number of hydrogen-bond acceptors (Lipinski definition) is 3. The Balaban J connectivity index is 2.05. The first-order chi connectivity index (χ1) is 9.19. The van der Waals surface area contributed by atoms with Crippen LogP contribution in [-0.4, -0.2) is 12.4 Å². The van der Waals surface area contributed by atoms with Gasteiger partial charge in [-0.15, -0.1) is 0 Å². The van der Waals surface area contributed by atoms with Gasteiger partial charge in [-0.1, -0.05) is 0 Å². The minimum atomic E-state index is -0.0582. The van der Waals surface area contributed by atoms with E-state index in [-0.39, 0.29) is 5.78 Å². The Hall–Kier alpha value is -2.29. The second-order valence-corrected chi connectivity index (χ2v) is 4.10. The Labute approximate surface area is 112 Å². The van der Waals surface area contributed by atoms with E-state index in [2.05, 4.69) is 0 Å². The van der Waals surface area contributed by atoms with Gasteiger partial charge < -0.3 is 9.15 Å². The Morgan fingerprint density at radius 1 is 1.21 bits per heavy atom. The largest absolute Gasteiger partial charge is 0.494 e. The van der Waals surface area contributed by atoms with Gasteiger partial charge in [0.15, 0.2) is 5.78 Å². The lowest BCUT2D eigenvalue weighted by molar-refractivity contribution is 0.104. The zero-order valence-corrected chi connectivity index (χ0v) is 11.1. The number of furan rings is 1. The molecule has 0 fully saturated rings. The highest BCUT2D eigenvalue weighted by atomic mass is 16.5. The third-order valence-electron chi connectivity index (χ3n) is 2.61. The van der Waals surface area contributed by atoms with Gasteiger partial charge in [0.05, 0.1) is 6.61 Å². The van der Waals surface area contributed by atoms with Gasteiger partial charge in [0.2, 0.25) is 0 Å². The summed E-state index contributed by atoms with van der Waals surface area (Å²) in [6.07, 6.45) is 3.18. The molecule has 98 valence electrons. The van der Waals surface area contributed by atoms with Crippen molar-refractivity contribution in [2.75, 3.05) is 6.61 Å². The molecule has 19 heavy (non-hydrogen) atoms. The second-order valence-electron chi connectivity index (χ2n) is 4.10. The lowest BCUT2D eigenvalue weighted by Gasteiger charge is -2.02. The van der Waals surface area contributed by atoms with Crippen molar-refractivity contribution < 1.29 is 13.9 Å². The van der Waals surface area contributed by atoms with Crippen molar-refractivity contribution in [3.05, 3.63) is 59.6 Å². The van der Waals surface area contributed by atoms with Crippen molar-refractivity contribution in [1.29, 1.82) is 0 Å². The van der Waals surface area contributed by atoms with Crippen LogP contribution in [0.4, 0.5) is 0 Å². The van der Waals surface area contributed by atoms with Gasteiger partial charge in [0.25, 0.3) is 0 Å². The Morgan fingerprint density at radius 2 is 1.95 bits per heavy atom. The first-order valence-electron chi connectivity index (χ1n) is 6.21. The minimum Gasteiger partial charge on any atom is -0.494 e. The summed E-state index contributed by atoms with van der Waals surface area (Å²) in [5.74, 6) is 2.21. The quantitative estimate of drug-likeness (QED) is 0.602. The molecule has 0 aliphatic heterocycles. The number of hydrogen-bond donors (Lipinski definition) is 0. The predicted octanol–water partition coefficient (Wildman–Crippen LogP) is 3.88. The highest BCUT2D eigenvalue weighted by Crippen LogP contribution is 2.14. The first kappa shape index (κ1) is 13.1. The molecule has 2 rings (SSSR count). The van der Waals surface area contributed by atoms with Gasteiger partial charge in [-0.25, -0.2) is 0 Å². The smallest absolute Gasteiger partial charge is 0.185 e. The number of aryl methyl sites for hydroxylation is 1. The van der Waals surface area contributed by atoms with E-state index in [0.29, 0.717) is 17.9 Å². The van der Waals surface area contributed by atoms with Gasteiger partial charge >= 0.3 is 0 Å². The topological polar surface area (TPSA) is 39.4 Å². The third-order valence-corrected chi connectivity index (χ3v) is 2.61. The molecule has 3 nitrogen and oxygen atoms in total. The van der Waals surface area contributed by atoms with E-state index >= 15 is 0 Å². The highest BCUT2D eigenvalue weighted by Gasteiger charge is 2.02. The summed E-state index contributed by atoms with van der Waals surface area (Å²) in [7, 11) is 0. The average molecular weight is 256 g/mol. The van der Waals surface area contributed by atoms with Crippen LogP contribution >= 0.6 is 0 Å². The van der Waals surface area contributed by atoms with E-state index in [1.54, 1.807) is 30.3 Å². The molecule has 0 N–H and O–H groups in total. The molecule has 0 radical (unpaired) electrons. The molecule has 0 unspecified atom stereocenters. The zero-order chi connectivity index (χ0) is 13.7. The van der Waals surface area contributed by atoms with Crippen LogP contribution in [-0.2, 0) is 0 Å². The monoisotopic (exact) mass is 256 g/mol. The van der Waals surface area contributed by atoms with Crippen LogP contribution < -0.4 is 4.74 Å². The molecule has 0 saturated heterocycles. The van der Waals surface area contributed by atoms with E-state index < -0.39 is 0 Å². The maximum atomic E-state index is 11.9. The van der Waals surface area contributed by atoms with E-state index in [0.717, 1.165) is 11.5 Å². The molecule has 0 saturated carbocycles. The van der Waals surface area contributed by atoms with Crippen LogP contribution in [0.1, 0.15) is 28.8 Å². The standard InChI is InChI=1S/C16H16O3/c1-3-18-14-8-5-13(6-9-14)16(17)11-10-15-7-4-12(2)19-15/h4-11H,3H2,1-2H3. The Kier molecular flexibility index (Phi) is 4.18. The van der Waals surface area contributed by atoms with Crippen molar-refractivity contribution in [1.82, 2.24) is 0 Å². The van der Waals surface area contributed by atoms with E-state index in [1.807, 2.05) is 26.0 Å². The normalized spacial score (nSPS) is 10.8. The summed E-state index contributed by atoms with van der Waals surface area (Å²) in [5.41, 5.74) is 0.628. The molecule has 1 aromatic heterocycles. The number of rotatable bonds is 5. The lowest BCUT2D eigenvalue weighted by Crippen LogP contribution is -1.95. The lowest BCUT2D eigenvalue weighted by atomic mass is 10.1. The maximum absolute atomic E-state index is 11.9. The second kappa shape index (κ2) is 6.05. The van der Waals surface area contributed by atoms with Crippen LogP contribution in [0.2, 0.25) is 0 Å². The van der Waals surface area contributed by atoms with Gasteiger partial charge in [0, 0.05) is 5.56 Å². The predicted molar refractivity (Wildman–Crippen MR) is 74.4 cm³/mol.